The lowest BCUT2D eigenvalue weighted by molar-refractivity contribution is 0.0937. The molecule has 1 saturated carbocycles. The number of nitrogens with two attached hydrogens (primary N) is 1. The minimum Gasteiger partial charge on any atom is -0.365 e. The van der Waals surface area contributed by atoms with Crippen molar-refractivity contribution in [3.63, 3.8) is 0 Å². The highest BCUT2D eigenvalue weighted by Gasteiger charge is 2.25. The summed E-state index contributed by atoms with van der Waals surface area (Å²) in [5.74, 6) is -0.0240. The molecule has 1 fully saturated rings. The predicted molar refractivity (Wildman–Crippen MR) is 133 cm³/mol. The van der Waals surface area contributed by atoms with E-state index in [2.05, 4.69) is 36.0 Å². The molecule has 1 aliphatic carbocycles. The lowest BCUT2D eigenvalue weighted by atomic mass is 9.97. The number of rotatable bonds is 6. The van der Waals surface area contributed by atoms with Crippen LogP contribution in [0.4, 0.5) is 10.2 Å². The number of benzene rings is 1. The second-order valence-electron chi connectivity index (χ2n) is 10.2. The number of carbonyl (C=O) groups excluding carboxylic acids is 1. The molecule has 11 heteroatoms. The summed E-state index contributed by atoms with van der Waals surface area (Å²) in [6, 6.07) is 7.17. The largest absolute Gasteiger partial charge is 0.365 e. The monoisotopic (exact) mass is 492 g/mol. The lowest BCUT2D eigenvalue weighted by Gasteiger charge is -2.13. The van der Waals surface area contributed by atoms with Crippen molar-refractivity contribution in [3.05, 3.63) is 53.6 Å². The minimum absolute atomic E-state index is 0.0173. The van der Waals surface area contributed by atoms with Gasteiger partial charge in [0.2, 0.25) is 5.89 Å². The van der Waals surface area contributed by atoms with Crippen LogP contribution in [0.3, 0.4) is 0 Å². The zero-order chi connectivity index (χ0) is 25.4. The van der Waals surface area contributed by atoms with Gasteiger partial charge in [0, 0.05) is 35.8 Å². The fraction of sp³-hybridized carbons (Fsp3) is 0.400. The third kappa shape index (κ3) is 4.78. The van der Waals surface area contributed by atoms with E-state index in [0.29, 0.717) is 28.5 Å². The van der Waals surface area contributed by atoms with E-state index < -0.39 is 11.7 Å². The van der Waals surface area contributed by atoms with Crippen molar-refractivity contribution in [3.8, 4) is 11.1 Å². The number of aromatic amines is 1. The molecule has 36 heavy (non-hydrogen) atoms. The Labute approximate surface area is 207 Å². The molecule has 3 heterocycles. The number of halogens is 1. The normalized spacial score (nSPS) is 18.0. The summed E-state index contributed by atoms with van der Waals surface area (Å²) in [5.41, 5.74) is 8.11. The highest BCUT2D eigenvalue weighted by atomic mass is 19.1. The molecule has 5 rings (SSSR count). The Bertz CT molecular complexity index is 1410. The van der Waals surface area contributed by atoms with Crippen LogP contribution >= 0.6 is 0 Å². The van der Waals surface area contributed by atoms with Gasteiger partial charge in [-0.05, 0) is 42.5 Å². The second-order valence-corrected chi connectivity index (χ2v) is 10.2. The number of H-pyrrole nitrogens is 1. The van der Waals surface area contributed by atoms with Crippen LogP contribution in [-0.2, 0) is 12.0 Å². The summed E-state index contributed by atoms with van der Waals surface area (Å²) in [7, 11) is 0. The molecule has 5 N–H and O–H groups in total. The molecule has 0 bridgehead atoms. The molecule has 1 aliphatic rings. The first kappa shape index (κ1) is 23.9. The number of amides is 1. The van der Waals surface area contributed by atoms with Gasteiger partial charge < -0.3 is 20.9 Å². The van der Waals surface area contributed by atoms with Crippen LogP contribution in [0.5, 0.6) is 0 Å². The topological polar surface area (TPSA) is 148 Å². The van der Waals surface area contributed by atoms with Gasteiger partial charge in [0.15, 0.2) is 11.5 Å². The number of pyridine rings is 1. The summed E-state index contributed by atoms with van der Waals surface area (Å²) >= 11 is 0. The van der Waals surface area contributed by atoms with E-state index in [1.807, 2.05) is 32.9 Å². The molecule has 2 atom stereocenters. The molecule has 0 unspecified atom stereocenters. The number of hydrogen-bond donors (Lipinski definition) is 4. The third-order valence-electron chi connectivity index (χ3n) is 6.35. The first-order valence-corrected chi connectivity index (χ1v) is 12.0. The maximum Gasteiger partial charge on any atom is 0.292 e. The van der Waals surface area contributed by atoms with Crippen LogP contribution in [0.2, 0.25) is 0 Å². The average Bonchev–Trinajstić information content (AvgIpc) is 3.58. The van der Waals surface area contributed by atoms with E-state index >= 15 is 4.39 Å². The van der Waals surface area contributed by atoms with Crippen molar-refractivity contribution in [1.29, 1.82) is 0 Å². The number of aromatic nitrogens is 5. The van der Waals surface area contributed by atoms with E-state index in [0.717, 1.165) is 30.2 Å². The predicted octanol–water partition coefficient (Wildman–Crippen LogP) is 3.67. The highest BCUT2D eigenvalue weighted by molar-refractivity contribution is 6.00. The maximum atomic E-state index is 15.1. The Balaban J connectivity index is 1.34. The first-order chi connectivity index (χ1) is 17.2. The molecule has 0 spiro atoms. The van der Waals surface area contributed by atoms with Gasteiger partial charge in [-0.1, -0.05) is 38.1 Å². The number of carbonyl (C=O) groups is 1. The summed E-state index contributed by atoms with van der Waals surface area (Å²) in [6.45, 7) is 5.70. The summed E-state index contributed by atoms with van der Waals surface area (Å²) in [4.78, 5) is 20.9. The molecule has 1 aromatic carbocycles. The minimum atomic E-state index is -0.533. The van der Waals surface area contributed by atoms with Crippen molar-refractivity contribution in [2.75, 3.05) is 5.32 Å². The van der Waals surface area contributed by atoms with Crippen molar-refractivity contribution < 1.29 is 13.7 Å². The molecule has 10 nitrogen and oxygen atoms in total. The smallest absolute Gasteiger partial charge is 0.292 e. The van der Waals surface area contributed by atoms with Crippen LogP contribution in [0, 0.1) is 5.82 Å². The summed E-state index contributed by atoms with van der Waals surface area (Å²) < 4.78 is 20.2. The fourth-order valence-electron chi connectivity index (χ4n) is 4.37. The van der Waals surface area contributed by atoms with Crippen molar-refractivity contribution in [1.82, 2.24) is 30.6 Å². The Morgan fingerprint density at radius 1 is 1.28 bits per heavy atom. The number of nitrogens with one attached hydrogen (secondary N) is 3. The zero-order valence-electron chi connectivity index (χ0n) is 20.4. The van der Waals surface area contributed by atoms with Crippen LogP contribution in [0.1, 0.15) is 62.1 Å². The molecular formula is C25H29FN8O2. The van der Waals surface area contributed by atoms with Gasteiger partial charge in [0.25, 0.3) is 11.7 Å². The fourth-order valence-corrected chi connectivity index (χ4v) is 4.37. The van der Waals surface area contributed by atoms with Gasteiger partial charge in [-0.2, -0.15) is 10.1 Å². The van der Waals surface area contributed by atoms with E-state index in [9.17, 15) is 4.79 Å². The van der Waals surface area contributed by atoms with E-state index in [1.54, 1.807) is 12.3 Å². The quantitative estimate of drug-likeness (QED) is 0.319. The molecule has 0 aliphatic heterocycles. The number of anilines is 1. The Kier molecular flexibility index (Phi) is 6.17. The van der Waals surface area contributed by atoms with Crippen LogP contribution < -0.4 is 16.4 Å². The summed E-state index contributed by atoms with van der Waals surface area (Å²) in [6.07, 6.45) is 4.48. The van der Waals surface area contributed by atoms with E-state index in [4.69, 9.17) is 10.3 Å². The Morgan fingerprint density at radius 2 is 2.11 bits per heavy atom. The zero-order valence-corrected chi connectivity index (χ0v) is 20.4. The average molecular weight is 493 g/mol. The maximum absolute atomic E-state index is 15.1. The van der Waals surface area contributed by atoms with E-state index in [-0.39, 0.29) is 29.9 Å². The lowest BCUT2D eigenvalue weighted by Crippen LogP contribution is -2.24. The standard InChI is InChI=1S/C25H29FN8O2/c1-25(2,3)24-31-22(34-36-24)23(35)29-12-14-5-4-13(10-18(14)26)17-8-9-28-20-19(17)21(33-32-20)30-16-7-6-15(27)11-16/h4-5,8-10,15-16H,6-7,11-12,27H2,1-3H3,(H,29,35)(H2,28,30,32,33)/t15-,16+/m0/s1. The SMILES string of the molecule is CC(C)(C)c1nc(C(=O)NCc2ccc(-c3ccnc4[nH]nc(N[C@@H]5CC[C@H](N)C5)c34)cc2F)no1. The number of hydrogen-bond acceptors (Lipinski definition) is 8. The van der Waals surface area contributed by atoms with Crippen LogP contribution in [0.15, 0.2) is 35.0 Å². The first-order valence-electron chi connectivity index (χ1n) is 12.0. The van der Waals surface area contributed by atoms with Crippen molar-refractivity contribution in [2.45, 2.75) is 64.1 Å². The Hall–Kier alpha value is -3.86. The number of nitrogens with zero attached hydrogens (tertiary/aromatic N) is 4. The van der Waals surface area contributed by atoms with Gasteiger partial charge in [-0.3, -0.25) is 9.89 Å². The molecule has 4 aromatic rings. The Morgan fingerprint density at radius 3 is 2.81 bits per heavy atom. The second kappa shape index (κ2) is 9.30. The molecule has 1 amide bonds. The van der Waals surface area contributed by atoms with Gasteiger partial charge in [0.1, 0.15) is 5.82 Å². The van der Waals surface area contributed by atoms with Crippen LogP contribution in [-0.4, -0.2) is 43.3 Å². The molecular weight excluding hydrogens is 463 g/mol. The summed E-state index contributed by atoms with van der Waals surface area (Å²) in [5, 5.41) is 18.0. The highest BCUT2D eigenvalue weighted by Crippen LogP contribution is 2.34. The van der Waals surface area contributed by atoms with Crippen molar-refractivity contribution >= 4 is 22.8 Å². The van der Waals surface area contributed by atoms with Crippen molar-refractivity contribution in [2.24, 2.45) is 5.73 Å². The molecule has 188 valence electrons. The molecule has 0 saturated heterocycles. The third-order valence-corrected chi connectivity index (χ3v) is 6.35. The molecule has 3 aromatic heterocycles. The van der Waals surface area contributed by atoms with Gasteiger partial charge in [-0.25, -0.2) is 9.37 Å². The molecule has 0 radical (unpaired) electrons. The van der Waals surface area contributed by atoms with Gasteiger partial charge in [-0.15, -0.1) is 0 Å². The van der Waals surface area contributed by atoms with E-state index in [1.165, 1.54) is 6.07 Å². The van der Waals surface area contributed by atoms with Crippen LogP contribution in [0.25, 0.3) is 22.2 Å². The number of fused-ring (bicyclic) bond motifs is 1. The van der Waals surface area contributed by atoms with Gasteiger partial charge >= 0.3 is 0 Å². The van der Waals surface area contributed by atoms with Gasteiger partial charge in [0.05, 0.1) is 5.39 Å².